The molecule has 19 heavy (non-hydrogen) atoms. The summed E-state index contributed by atoms with van der Waals surface area (Å²) in [4.78, 5) is 5.93. The first-order valence-corrected chi connectivity index (χ1v) is 6.33. The third kappa shape index (κ3) is 5.11. The lowest BCUT2D eigenvalue weighted by Crippen LogP contribution is -2.47. The molecule has 8 heteroatoms. The van der Waals surface area contributed by atoms with E-state index in [0.717, 1.165) is 13.1 Å². The van der Waals surface area contributed by atoms with E-state index in [1.807, 2.05) is 0 Å². The minimum atomic E-state index is -2.42. The summed E-state index contributed by atoms with van der Waals surface area (Å²) in [5, 5.41) is 3.16. The molecular weight excluding hydrogens is 363 g/mol. The molecule has 1 aliphatic heterocycles. The van der Waals surface area contributed by atoms with Crippen LogP contribution in [0.25, 0.3) is 0 Å². The average Bonchev–Trinajstić information content (AvgIpc) is 2.30. The van der Waals surface area contributed by atoms with Crippen molar-refractivity contribution in [3.05, 3.63) is 28.5 Å². The summed E-state index contributed by atoms with van der Waals surface area (Å²) in [5.41, 5.74) is 0.427. The van der Waals surface area contributed by atoms with Crippen molar-refractivity contribution in [3.8, 4) is 0 Å². The summed E-state index contributed by atoms with van der Waals surface area (Å²) < 4.78 is 27.0. The van der Waals surface area contributed by atoms with E-state index in [1.165, 1.54) is 0 Å². The van der Waals surface area contributed by atoms with E-state index in [2.05, 4.69) is 26.2 Å². The largest absolute Gasteiger partial charge is 0.314 e. The number of rotatable bonds is 3. The van der Waals surface area contributed by atoms with Gasteiger partial charge in [0.1, 0.15) is 10.6 Å². The Bertz CT molecular complexity index is 379. The first kappa shape index (κ1) is 19.0. The second-order valence-corrected chi connectivity index (χ2v) is 4.76. The molecule has 0 spiro atoms. The average molecular weight is 379 g/mol. The van der Waals surface area contributed by atoms with Crippen LogP contribution < -0.4 is 5.32 Å². The molecule has 1 N–H and O–H groups in total. The van der Waals surface area contributed by atoms with Crippen molar-refractivity contribution in [2.24, 2.45) is 0 Å². The molecule has 1 aliphatic rings. The summed E-state index contributed by atoms with van der Waals surface area (Å²) >= 11 is 3.22. The van der Waals surface area contributed by atoms with Crippen molar-refractivity contribution < 1.29 is 8.78 Å². The van der Waals surface area contributed by atoms with Crippen LogP contribution in [0.1, 0.15) is 11.7 Å². The lowest BCUT2D eigenvalue weighted by atomic mass is 10.1. The minimum absolute atomic E-state index is 0. The van der Waals surface area contributed by atoms with Gasteiger partial charge in [0.15, 0.2) is 0 Å². The van der Waals surface area contributed by atoms with Crippen LogP contribution in [0, 0.1) is 0 Å². The molecule has 0 aromatic carbocycles. The number of pyridine rings is 1. The number of piperazine rings is 1. The van der Waals surface area contributed by atoms with Crippen molar-refractivity contribution in [2.75, 3.05) is 26.2 Å². The Morgan fingerprint density at radius 2 is 1.84 bits per heavy atom. The highest BCUT2D eigenvalue weighted by Crippen LogP contribution is 2.27. The number of alkyl halides is 2. The Morgan fingerprint density at radius 3 is 2.37 bits per heavy atom. The zero-order valence-electron chi connectivity index (χ0n) is 10.1. The molecule has 0 saturated carbocycles. The van der Waals surface area contributed by atoms with Gasteiger partial charge in [-0.3, -0.25) is 4.90 Å². The van der Waals surface area contributed by atoms with E-state index in [-0.39, 0.29) is 24.8 Å². The molecule has 1 fully saturated rings. The van der Waals surface area contributed by atoms with Crippen LogP contribution in [0.4, 0.5) is 8.78 Å². The van der Waals surface area contributed by atoms with Crippen LogP contribution in [0.2, 0.25) is 0 Å². The highest BCUT2D eigenvalue weighted by molar-refractivity contribution is 9.10. The Hall–Kier alpha value is -0.0100. The summed E-state index contributed by atoms with van der Waals surface area (Å²) in [6.45, 7) is 2.75. The first-order valence-electron chi connectivity index (χ1n) is 5.54. The number of halogens is 5. The molecule has 0 aliphatic carbocycles. The third-order valence-corrected chi connectivity index (χ3v) is 3.26. The summed E-state index contributed by atoms with van der Waals surface area (Å²) in [6.07, 6.45) is -2.42. The summed E-state index contributed by atoms with van der Waals surface area (Å²) in [7, 11) is 0. The maximum absolute atomic E-state index is 13.2. The number of hydrogen-bond acceptors (Lipinski definition) is 3. The lowest BCUT2D eigenvalue weighted by molar-refractivity contribution is 0.0160. The van der Waals surface area contributed by atoms with Crippen LogP contribution in [-0.4, -0.2) is 42.5 Å². The zero-order valence-corrected chi connectivity index (χ0v) is 13.3. The minimum Gasteiger partial charge on any atom is -0.314 e. The molecule has 0 bridgehead atoms. The van der Waals surface area contributed by atoms with Crippen molar-refractivity contribution in [2.45, 2.75) is 12.5 Å². The maximum atomic E-state index is 13.2. The predicted octanol–water partition coefficient (Wildman–Crippen LogP) is 2.90. The second kappa shape index (κ2) is 9.02. The third-order valence-electron chi connectivity index (χ3n) is 2.82. The standard InChI is InChI=1S/C11H14BrF2N3.2ClH/c12-9-3-1-2-8(16-9)10(11(13)14)17-6-4-15-5-7-17;;/h1-3,10-11,15H,4-7H2;2*1H/t10-;;/m1../s1. The first-order chi connectivity index (χ1) is 8.18. The molecule has 110 valence electrons. The quantitative estimate of drug-likeness (QED) is 0.819. The van der Waals surface area contributed by atoms with Crippen molar-refractivity contribution in [1.29, 1.82) is 0 Å². The van der Waals surface area contributed by atoms with Crippen molar-refractivity contribution in [3.63, 3.8) is 0 Å². The number of aromatic nitrogens is 1. The Kier molecular flexibility index (Phi) is 9.02. The van der Waals surface area contributed by atoms with E-state index in [0.29, 0.717) is 23.4 Å². The van der Waals surface area contributed by atoms with Gasteiger partial charge in [-0.15, -0.1) is 24.8 Å². The second-order valence-electron chi connectivity index (χ2n) is 3.95. The number of nitrogens with zero attached hydrogens (tertiary/aromatic N) is 2. The van der Waals surface area contributed by atoms with Gasteiger partial charge in [0.25, 0.3) is 6.43 Å². The molecule has 2 heterocycles. The molecule has 1 aromatic rings. The van der Waals surface area contributed by atoms with Gasteiger partial charge in [0.05, 0.1) is 5.69 Å². The van der Waals surface area contributed by atoms with Gasteiger partial charge in [-0.25, -0.2) is 13.8 Å². The van der Waals surface area contributed by atoms with E-state index in [1.54, 1.807) is 23.1 Å². The lowest BCUT2D eigenvalue weighted by Gasteiger charge is -2.34. The van der Waals surface area contributed by atoms with Crippen LogP contribution in [0.3, 0.4) is 0 Å². The summed E-state index contributed by atoms with van der Waals surface area (Å²) in [6, 6.07) is 4.23. The molecule has 0 radical (unpaired) electrons. The van der Waals surface area contributed by atoms with Crippen molar-refractivity contribution >= 4 is 40.7 Å². The van der Waals surface area contributed by atoms with Crippen molar-refractivity contribution in [1.82, 2.24) is 15.2 Å². The van der Waals surface area contributed by atoms with Crippen LogP contribution in [0.5, 0.6) is 0 Å². The topological polar surface area (TPSA) is 28.2 Å². The maximum Gasteiger partial charge on any atom is 0.259 e. The summed E-state index contributed by atoms with van der Waals surface area (Å²) in [5.74, 6) is 0. The fourth-order valence-corrected chi connectivity index (χ4v) is 2.38. The molecule has 1 atom stereocenters. The fraction of sp³-hybridized carbons (Fsp3) is 0.545. The SMILES string of the molecule is Cl.Cl.FC(F)[C@@H](c1cccc(Br)n1)N1CCNCC1. The molecule has 0 amide bonds. The zero-order chi connectivity index (χ0) is 12.3. The molecule has 1 aromatic heterocycles. The monoisotopic (exact) mass is 377 g/mol. The fourth-order valence-electron chi connectivity index (χ4n) is 2.02. The molecule has 1 saturated heterocycles. The van der Waals surface area contributed by atoms with Gasteiger partial charge in [-0.2, -0.15) is 0 Å². The number of nitrogens with one attached hydrogen (secondary N) is 1. The predicted molar refractivity (Wildman–Crippen MR) is 79.6 cm³/mol. The number of hydrogen-bond donors (Lipinski definition) is 1. The van der Waals surface area contributed by atoms with E-state index < -0.39 is 12.5 Å². The molecule has 3 nitrogen and oxygen atoms in total. The van der Waals surface area contributed by atoms with Gasteiger partial charge < -0.3 is 5.32 Å². The molecule has 0 unspecified atom stereocenters. The van der Waals surface area contributed by atoms with Gasteiger partial charge in [-0.1, -0.05) is 6.07 Å². The Morgan fingerprint density at radius 1 is 1.21 bits per heavy atom. The normalized spacial score (nSPS) is 17.5. The van der Waals surface area contributed by atoms with Crippen LogP contribution in [-0.2, 0) is 0 Å². The van der Waals surface area contributed by atoms with Gasteiger partial charge in [-0.05, 0) is 28.1 Å². The van der Waals surface area contributed by atoms with Crippen LogP contribution >= 0.6 is 40.7 Å². The smallest absolute Gasteiger partial charge is 0.259 e. The Balaban J connectivity index is 0.00000162. The van der Waals surface area contributed by atoms with E-state index >= 15 is 0 Å². The van der Waals surface area contributed by atoms with E-state index in [4.69, 9.17) is 0 Å². The van der Waals surface area contributed by atoms with Crippen LogP contribution in [0.15, 0.2) is 22.8 Å². The highest BCUT2D eigenvalue weighted by atomic mass is 79.9. The highest BCUT2D eigenvalue weighted by Gasteiger charge is 2.31. The Labute approximate surface area is 132 Å². The molecule has 2 rings (SSSR count). The van der Waals surface area contributed by atoms with E-state index in [9.17, 15) is 8.78 Å². The molecular formula is C11H16BrCl2F2N3. The van der Waals surface area contributed by atoms with Gasteiger partial charge >= 0.3 is 0 Å². The van der Waals surface area contributed by atoms with Gasteiger partial charge in [0.2, 0.25) is 0 Å². The van der Waals surface area contributed by atoms with Gasteiger partial charge in [0, 0.05) is 26.2 Å².